The van der Waals surface area contributed by atoms with Gasteiger partial charge in [-0.25, -0.2) is 4.99 Å². The number of hydrogen-bond donors (Lipinski definition) is 1. The van der Waals surface area contributed by atoms with Gasteiger partial charge in [-0.15, -0.1) is 0 Å². The van der Waals surface area contributed by atoms with E-state index in [9.17, 15) is 4.79 Å². The highest BCUT2D eigenvalue weighted by atomic mass is 32.2. The summed E-state index contributed by atoms with van der Waals surface area (Å²) in [6.07, 6.45) is 3.88. The average molecular weight is 378 g/mol. The molecule has 0 atom stereocenters. The summed E-state index contributed by atoms with van der Waals surface area (Å²) < 4.78 is 11.0. The number of carbonyl (C=O) groups excluding carboxylic acids is 1. The molecular formula is C21H18N2O3S. The fraction of sp³-hybridized carbons (Fsp3) is 0.143. The Bertz CT molecular complexity index is 1010. The Morgan fingerprint density at radius 3 is 2.93 bits per heavy atom. The van der Waals surface area contributed by atoms with Crippen molar-refractivity contribution in [2.24, 2.45) is 4.99 Å². The molecule has 4 rings (SSSR count). The Labute approximate surface area is 161 Å². The van der Waals surface area contributed by atoms with Crippen LogP contribution in [0.25, 0.3) is 6.08 Å². The molecule has 2 aliphatic rings. The largest absolute Gasteiger partial charge is 0.497 e. The van der Waals surface area contributed by atoms with Gasteiger partial charge in [0.05, 0.1) is 17.7 Å². The molecule has 0 aromatic heterocycles. The standard InChI is InChI=1S/C21H18N2O3S/c1-13-5-3-4-6-17(13)22-21-23-20(24)19(27-21)10-14-9-15-7-8-16(25-2)11-18(15)26-12-14/h3-11H,12H2,1-2H3,(H,22,23,24)/b19-10-. The van der Waals surface area contributed by atoms with Gasteiger partial charge in [-0.3, -0.25) is 4.79 Å². The maximum Gasteiger partial charge on any atom is 0.264 e. The van der Waals surface area contributed by atoms with Crippen LogP contribution in [0.1, 0.15) is 11.1 Å². The number of ether oxygens (including phenoxy) is 2. The number of amides is 1. The van der Waals surface area contributed by atoms with E-state index in [0.717, 1.165) is 33.9 Å². The van der Waals surface area contributed by atoms with Gasteiger partial charge in [0.25, 0.3) is 5.91 Å². The highest BCUT2D eigenvalue weighted by Crippen LogP contribution is 2.33. The van der Waals surface area contributed by atoms with Crippen LogP contribution in [0.4, 0.5) is 5.69 Å². The zero-order chi connectivity index (χ0) is 18.8. The van der Waals surface area contributed by atoms with Gasteiger partial charge in [-0.1, -0.05) is 18.2 Å². The number of methoxy groups -OCH3 is 1. The third-order valence-electron chi connectivity index (χ3n) is 4.26. The van der Waals surface area contributed by atoms with Crippen molar-refractivity contribution in [3.8, 4) is 11.5 Å². The Morgan fingerprint density at radius 1 is 1.26 bits per heavy atom. The fourth-order valence-electron chi connectivity index (χ4n) is 2.82. The number of para-hydroxylation sites is 1. The van der Waals surface area contributed by atoms with Crippen LogP contribution in [-0.4, -0.2) is 24.8 Å². The monoisotopic (exact) mass is 378 g/mol. The molecule has 1 fully saturated rings. The van der Waals surface area contributed by atoms with Crippen molar-refractivity contribution in [1.29, 1.82) is 0 Å². The van der Waals surface area contributed by atoms with Crippen LogP contribution in [-0.2, 0) is 4.79 Å². The molecule has 0 saturated carbocycles. The molecule has 1 saturated heterocycles. The summed E-state index contributed by atoms with van der Waals surface area (Å²) in [6.45, 7) is 2.40. The Hall–Kier alpha value is -2.99. The van der Waals surface area contributed by atoms with E-state index >= 15 is 0 Å². The van der Waals surface area contributed by atoms with E-state index in [1.165, 1.54) is 11.8 Å². The number of benzene rings is 2. The van der Waals surface area contributed by atoms with Crippen LogP contribution in [0.15, 0.2) is 64.0 Å². The number of carbonyl (C=O) groups is 1. The van der Waals surface area contributed by atoms with Gasteiger partial charge in [0.15, 0.2) is 5.17 Å². The summed E-state index contributed by atoms with van der Waals surface area (Å²) in [6, 6.07) is 13.5. The van der Waals surface area contributed by atoms with Gasteiger partial charge >= 0.3 is 0 Å². The molecule has 0 spiro atoms. The van der Waals surface area contributed by atoms with E-state index < -0.39 is 0 Å². The minimum Gasteiger partial charge on any atom is -0.497 e. The molecule has 1 N–H and O–H groups in total. The molecule has 0 bridgehead atoms. The van der Waals surface area contributed by atoms with Crippen molar-refractivity contribution in [3.63, 3.8) is 0 Å². The van der Waals surface area contributed by atoms with Gasteiger partial charge in [-0.05, 0) is 60.2 Å². The molecule has 27 heavy (non-hydrogen) atoms. The van der Waals surface area contributed by atoms with E-state index in [-0.39, 0.29) is 5.91 Å². The van der Waals surface area contributed by atoms with Gasteiger partial charge in [0, 0.05) is 11.6 Å². The summed E-state index contributed by atoms with van der Waals surface area (Å²) in [4.78, 5) is 17.5. The number of hydrogen-bond acceptors (Lipinski definition) is 5. The molecule has 6 heteroatoms. The van der Waals surface area contributed by atoms with Crippen molar-refractivity contribution in [2.75, 3.05) is 13.7 Å². The maximum absolute atomic E-state index is 12.3. The lowest BCUT2D eigenvalue weighted by Gasteiger charge is -2.17. The number of rotatable bonds is 3. The molecule has 0 aliphatic carbocycles. The molecule has 2 aliphatic heterocycles. The topological polar surface area (TPSA) is 59.9 Å². The number of thioether (sulfide) groups is 1. The Morgan fingerprint density at radius 2 is 2.11 bits per heavy atom. The first-order valence-electron chi connectivity index (χ1n) is 8.49. The SMILES string of the molecule is COc1ccc2c(c1)OCC(/C=C1\SC(=Nc3ccccc3C)NC1=O)=C2. The molecule has 2 aromatic rings. The van der Waals surface area contributed by atoms with E-state index in [2.05, 4.69) is 10.3 Å². The minimum atomic E-state index is -0.145. The van der Waals surface area contributed by atoms with E-state index in [1.54, 1.807) is 7.11 Å². The van der Waals surface area contributed by atoms with Crippen LogP contribution in [0.2, 0.25) is 0 Å². The van der Waals surface area contributed by atoms with Crippen LogP contribution in [0.3, 0.4) is 0 Å². The van der Waals surface area contributed by atoms with Crippen molar-refractivity contribution in [1.82, 2.24) is 5.32 Å². The van der Waals surface area contributed by atoms with Gasteiger partial charge < -0.3 is 14.8 Å². The van der Waals surface area contributed by atoms with E-state index in [4.69, 9.17) is 9.47 Å². The first kappa shape index (κ1) is 17.4. The number of aliphatic imine (C=N–C) groups is 1. The summed E-state index contributed by atoms with van der Waals surface area (Å²) in [7, 11) is 1.63. The maximum atomic E-state index is 12.3. The van der Waals surface area contributed by atoms with Gasteiger partial charge in [0.2, 0.25) is 0 Å². The predicted octanol–water partition coefficient (Wildman–Crippen LogP) is 4.21. The summed E-state index contributed by atoms with van der Waals surface area (Å²) in [5.41, 5.74) is 3.81. The molecule has 0 unspecified atom stereocenters. The number of nitrogens with zero attached hydrogens (tertiary/aromatic N) is 1. The second-order valence-electron chi connectivity index (χ2n) is 6.18. The Balaban J connectivity index is 1.57. The zero-order valence-corrected chi connectivity index (χ0v) is 15.8. The van der Waals surface area contributed by atoms with Crippen molar-refractivity contribution in [2.45, 2.75) is 6.92 Å². The quantitative estimate of drug-likeness (QED) is 0.813. The first-order chi connectivity index (χ1) is 13.1. The highest BCUT2D eigenvalue weighted by Gasteiger charge is 2.25. The smallest absolute Gasteiger partial charge is 0.264 e. The van der Waals surface area contributed by atoms with E-state index in [0.29, 0.717) is 16.7 Å². The zero-order valence-electron chi connectivity index (χ0n) is 15.0. The second-order valence-corrected chi connectivity index (χ2v) is 7.21. The lowest BCUT2D eigenvalue weighted by atomic mass is 10.1. The third-order valence-corrected chi connectivity index (χ3v) is 5.17. The van der Waals surface area contributed by atoms with Crippen LogP contribution < -0.4 is 14.8 Å². The predicted molar refractivity (Wildman–Crippen MR) is 109 cm³/mol. The molecule has 136 valence electrons. The minimum absolute atomic E-state index is 0.145. The molecule has 0 radical (unpaired) electrons. The fourth-order valence-corrected chi connectivity index (χ4v) is 3.67. The lowest BCUT2D eigenvalue weighted by molar-refractivity contribution is -0.115. The molecule has 2 heterocycles. The van der Waals surface area contributed by atoms with Crippen molar-refractivity contribution >= 4 is 34.6 Å². The number of fused-ring (bicyclic) bond motifs is 1. The molecule has 2 aromatic carbocycles. The van der Waals surface area contributed by atoms with Gasteiger partial charge in [-0.2, -0.15) is 0 Å². The van der Waals surface area contributed by atoms with Crippen LogP contribution >= 0.6 is 11.8 Å². The number of amidine groups is 1. The number of aryl methyl sites for hydroxylation is 1. The van der Waals surface area contributed by atoms with Crippen molar-refractivity contribution in [3.05, 3.63) is 70.1 Å². The van der Waals surface area contributed by atoms with Gasteiger partial charge in [0.1, 0.15) is 18.1 Å². The molecular weight excluding hydrogens is 360 g/mol. The lowest BCUT2D eigenvalue weighted by Crippen LogP contribution is -2.19. The normalized spacial score (nSPS) is 18.7. The summed E-state index contributed by atoms with van der Waals surface area (Å²) >= 11 is 1.34. The molecule has 5 nitrogen and oxygen atoms in total. The first-order valence-corrected chi connectivity index (χ1v) is 9.30. The summed E-state index contributed by atoms with van der Waals surface area (Å²) in [5, 5.41) is 3.41. The van der Waals surface area contributed by atoms with Crippen LogP contribution in [0, 0.1) is 6.92 Å². The van der Waals surface area contributed by atoms with Crippen LogP contribution in [0.5, 0.6) is 11.5 Å². The number of nitrogens with one attached hydrogen (secondary N) is 1. The Kier molecular flexibility index (Phi) is 4.73. The van der Waals surface area contributed by atoms with E-state index in [1.807, 2.05) is 61.5 Å². The average Bonchev–Trinajstić information content (AvgIpc) is 3.02. The third kappa shape index (κ3) is 3.75. The second kappa shape index (κ2) is 7.32. The highest BCUT2D eigenvalue weighted by molar-refractivity contribution is 8.18. The summed E-state index contributed by atoms with van der Waals surface area (Å²) in [5.74, 6) is 1.39. The molecule has 1 amide bonds. The van der Waals surface area contributed by atoms with Crippen molar-refractivity contribution < 1.29 is 14.3 Å².